The van der Waals surface area contributed by atoms with Gasteiger partial charge in [-0.25, -0.2) is 9.78 Å². The monoisotopic (exact) mass is 456 g/mol. The highest BCUT2D eigenvalue weighted by molar-refractivity contribution is 5.83. The van der Waals surface area contributed by atoms with Crippen LogP contribution in [0.1, 0.15) is 25.6 Å². The number of benzene rings is 1. The number of aromatic nitrogens is 4. The number of carbonyl (C=O) groups is 1. The maximum absolute atomic E-state index is 12.4. The van der Waals surface area contributed by atoms with E-state index in [1.807, 2.05) is 6.92 Å². The highest BCUT2D eigenvalue weighted by atomic mass is 16.5. The molecule has 0 radical (unpaired) electrons. The van der Waals surface area contributed by atoms with Gasteiger partial charge in [0.25, 0.3) is 5.56 Å². The van der Waals surface area contributed by atoms with Crippen LogP contribution in [0, 0.1) is 0 Å². The van der Waals surface area contributed by atoms with E-state index < -0.39 is 17.5 Å². The van der Waals surface area contributed by atoms with Gasteiger partial charge in [-0.3, -0.25) is 18.7 Å². The Morgan fingerprint density at radius 3 is 2.61 bits per heavy atom. The van der Waals surface area contributed by atoms with Crippen molar-refractivity contribution in [2.45, 2.75) is 26.6 Å². The van der Waals surface area contributed by atoms with Gasteiger partial charge in [0.15, 0.2) is 17.0 Å². The van der Waals surface area contributed by atoms with E-state index in [1.165, 1.54) is 37.0 Å². The molecule has 1 aromatic carbocycles. The Morgan fingerprint density at radius 1 is 1.18 bits per heavy atom. The minimum Gasteiger partial charge on any atom is -0.493 e. The molecule has 3 heterocycles. The lowest BCUT2D eigenvalue weighted by atomic mass is 10.1. The first-order valence-corrected chi connectivity index (χ1v) is 10.2. The summed E-state index contributed by atoms with van der Waals surface area (Å²) in [5, 5.41) is 5.54. The normalized spacial score (nSPS) is 15.5. The fraction of sp³-hybridized carbons (Fsp3) is 0.381. The van der Waals surface area contributed by atoms with E-state index in [0.717, 1.165) is 4.57 Å². The van der Waals surface area contributed by atoms with Crippen molar-refractivity contribution in [2.75, 3.05) is 13.7 Å². The number of rotatable bonds is 6. The molecule has 12 heteroatoms. The standard InChI is InChI=1S/C21H24N6O6/c1-6-32-14-8-7-13(9-15(14)31-5)20-27(12(2)28)23-16(33-20)10-26-11-22-17-18(26)24(3)21(30)25(4)19(17)29/h7-9,11,20H,6,10H2,1-5H3/t20-/m0/s1. The third kappa shape index (κ3) is 3.73. The Balaban J connectivity index is 1.68. The van der Waals surface area contributed by atoms with Crippen LogP contribution in [-0.4, -0.2) is 49.2 Å². The highest BCUT2D eigenvalue weighted by Crippen LogP contribution is 2.35. The fourth-order valence-electron chi connectivity index (χ4n) is 3.70. The number of methoxy groups -OCH3 is 1. The zero-order valence-corrected chi connectivity index (χ0v) is 18.9. The van der Waals surface area contributed by atoms with Crippen molar-refractivity contribution in [1.82, 2.24) is 23.7 Å². The van der Waals surface area contributed by atoms with Crippen molar-refractivity contribution >= 4 is 23.0 Å². The van der Waals surface area contributed by atoms with Crippen LogP contribution in [0.5, 0.6) is 11.5 Å². The molecule has 0 bridgehead atoms. The number of imidazole rings is 1. The number of carbonyl (C=O) groups excluding carboxylic acids is 1. The molecule has 0 aliphatic carbocycles. The molecule has 12 nitrogen and oxygen atoms in total. The van der Waals surface area contributed by atoms with Crippen LogP contribution < -0.4 is 20.7 Å². The maximum atomic E-state index is 12.4. The number of nitrogens with zero attached hydrogens (tertiary/aromatic N) is 6. The van der Waals surface area contributed by atoms with Crippen molar-refractivity contribution in [3.05, 3.63) is 50.9 Å². The molecular weight excluding hydrogens is 432 g/mol. The molecule has 3 aromatic rings. The third-order valence-corrected chi connectivity index (χ3v) is 5.30. The zero-order valence-electron chi connectivity index (χ0n) is 18.9. The smallest absolute Gasteiger partial charge is 0.332 e. The molecular formula is C21H24N6O6. The Kier molecular flexibility index (Phi) is 5.66. The Bertz CT molecular complexity index is 1380. The largest absolute Gasteiger partial charge is 0.493 e. The van der Waals surface area contributed by atoms with Crippen LogP contribution >= 0.6 is 0 Å². The molecule has 0 saturated heterocycles. The van der Waals surface area contributed by atoms with Gasteiger partial charge in [0.2, 0.25) is 18.0 Å². The zero-order chi connectivity index (χ0) is 23.9. The quantitative estimate of drug-likeness (QED) is 0.536. The van der Waals surface area contributed by atoms with Crippen LogP contribution in [-0.2, 0) is 30.2 Å². The van der Waals surface area contributed by atoms with E-state index in [-0.39, 0.29) is 23.9 Å². The Morgan fingerprint density at radius 2 is 1.94 bits per heavy atom. The molecule has 0 spiro atoms. The van der Waals surface area contributed by atoms with Crippen molar-refractivity contribution in [3.8, 4) is 11.5 Å². The second kappa shape index (κ2) is 8.45. The van der Waals surface area contributed by atoms with Gasteiger partial charge in [-0.2, -0.15) is 5.01 Å². The van der Waals surface area contributed by atoms with Gasteiger partial charge in [-0.1, -0.05) is 0 Å². The summed E-state index contributed by atoms with van der Waals surface area (Å²) in [6.45, 7) is 3.80. The molecule has 1 aliphatic rings. The summed E-state index contributed by atoms with van der Waals surface area (Å²) >= 11 is 0. The van der Waals surface area contributed by atoms with Crippen LogP contribution in [0.2, 0.25) is 0 Å². The number of amides is 1. The molecule has 4 rings (SSSR count). The lowest BCUT2D eigenvalue weighted by Crippen LogP contribution is -2.37. The van der Waals surface area contributed by atoms with Crippen molar-refractivity contribution < 1.29 is 19.0 Å². The summed E-state index contributed by atoms with van der Waals surface area (Å²) in [5.41, 5.74) is 0.143. The van der Waals surface area contributed by atoms with Crippen LogP contribution in [0.15, 0.2) is 39.2 Å². The van der Waals surface area contributed by atoms with Crippen molar-refractivity contribution in [3.63, 3.8) is 0 Å². The van der Waals surface area contributed by atoms with E-state index in [9.17, 15) is 14.4 Å². The first-order valence-electron chi connectivity index (χ1n) is 10.2. The molecule has 0 N–H and O–H groups in total. The second-order valence-corrected chi connectivity index (χ2v) is 7.42. The predicted octanol–water partition coefficient (Wildman–Crippen LogP) is 0.732. The third-order valence-electron chi connectivity index (χ3n) is 5.30. The molecule has 1 atom stereocenters. The number of hydrogen-bond acceptors (Lipinski definition) is 8. The molecule has 33 heavy (non-hydrogen) atoms. The Hall–Kier alpha value is -4.09. The van der Waals surface area contributed by atoms with Crippen molar-refractivity contribution in [2.24, 2.45) is 19.2 Å². The number of fused-ring (bicyclic) bond motifs is 1. The van der Waals surface area contributed by atoms with Gasteiger partial charge >= 0.3 is 5.69 Å². The summed E-state index contributed by atoms with van der Waals surface area (Å²) < 4.78 is 20.9. The predicted molar refractivity (Wildman–Crippen MR) is 118 cm³/mol. The van der Waals surface area contributed by atoms with E-state index in [1.54, 1.807) is 29.8 Å². The SMILES string of the molecule is CCOc1ccc([C@@H]2OC(Cn3cnc4c(=O)n(C)c(=O)n(C)c43)=NN2C(C)=O)cc1OC. The summed E-state index contributed by atoms with van der Waals surface area (Å²) in [5.74, 6) is 0.973. The molecule has 1 amide bonds. The Labute approximate surface area is 188 Å². The molecule has 2 aromatic heterocycles. The van der Waals surface area contributed by atoms with E-state index in [2.05, 4.69) is 10.1 Å². The first kappa shape index (κ1) is 22.1. The lowest BCUT2D eigenvalue weighted by Gasteiger charge is -2.20. The number of hydrazone groups is 1. The van der Waals surface area contributed by atoms with Crippen LogP contribution in [0.3, 0.4) is 0 Å². The van der Waals surface area contributed by atoms with Crippen LogP contribution in [0.4, 0.5) is 0 Å². The first-order chi connectivity index (χ1) is 15.8. The summed E-state index contributed by atoms with van der Waals surface area (Å²) in [7, 11) is 4.48. The molecule has 0 unspecified atom stereocenters. The topological polar surface area (TPSA) is 122 Å². The molecule has 174 valence electrons. The van der Waals surface area contributed by atoms with Gasteiger partial charge < -0.3 is 18.8 Å². The highest BCUT2D eigenvalue weighted by Gasteiger charge is 2.33. The van der Waals surface area contributed by atoms with Crippen LogP contribution in [0.25, 0.3) is 11.2 Å². The van der Waals surface area contributed by atoms with Gasteiger partial charge in [-0.15, -0.1) is 5.10 Å². The summed E-state index contributed by atoms with van der Waals surface area (Å²) in [6, 6.07) is 5.24. The minimum absolute atomic E-state index is 0.0609. The number of hydrogen-bond donors (Lipinski definition) is 0. The maximum Gasteiger partial charge on any atom is 0.332 e. The molecule has 1 aliphatic heterocycles. The number of aryl methyl sites for hydroxylation is 1. The average molecular weight is 456 g/mol. The second-order valence-electron chi connectivity index (χ2n) is 7.42. The van der Waals surface area contributed by atoms with E-state index >= 15 is 0 Å². The average Bonchev–Trinajstić information content (AvgIpc) is 3.42. The summed E-state index contributed by atoms with van der Waals surface area (Å²) in [6.07, 6.45) is 0.622. The molecule has 0 fully saturated rings. The van der Waals surface area contributed by atoms with Gasteiger partial charge in [-0.05, 0) is 25.1 Å². The van der Waals surface area contributed by atoms with Gasteiger partial charge in [0.05, 0.1) is 20.0 Å². The van der Waals surface area contributed by atoms with Gasteiger partial charge in [0, 0.05) is 26.6 Å². The summed E-state index contributed by atoms with van der Waals surface area (Å²) in [4.78, 5) is 41.2. The van der Waals surface area contributed by atoms with E-state index in [4.69, 9.17) is 14.2 Å². The number of ether oxygens (including phenoxy) is 3. The molecule has 0 saturated carbocycles. The van der Waals surface area contributed by atoms with E-state index in [0.29, 0.717) is 29.3 Å². The fourth-order valence-corrected chi connectivity index (χ4v) is 3.70. The van der Waals surface area contributed by atoms with Gasteiger partial charge in [0.1, 0.15) is 12.2 Å². The lowest BCUT2D eigenvalue weighted by molar-refractivity contribution is -0.135. The van der Waals surface area contributed by atoms with Crippen molar-refractivity contribution in [1.29, 1.82) is 0 Å². The minimum atomic E-state index is -0.812.